The Morgan fingerprint density at radius 1 is 1.23 bits per heavy atom. The van der Waals surface area contributed by atoms with Crippen molar-refractivity contribution in [3.8, 4) is 0 Å². The topological polar surface area (TPSA) is 0 Å². The van der Waals surface area contributed by atoms with Crippen molar-refractivity contribution >= 4 is 0 Å². The molecule has 0 N–H and O–H groups in total. The molecule has 2 heterocycles. The van der Waals surface area contributed by atoms with Crippen LogP contribution >= 0.6 is 0 Å². The quantitative estimate of drug-likeness (QED) is 0.505. The van der Waals surface area contributed by atoms with Crippen molar-refractivity contribution in [3.63, 3.8) is 0 Å². The monoisotopic (exact) mass is 182 g/mol. The largest absolute Gasteiger partial charge is 0.323 e. The molecule has 1 spiro atoms. The summed E-state index contributed by atoms with van der Waals surface area (Å²) in [6, 6.07) is 0. The molecule has 2 aliphatic heterocycles. The van der Waals surface area contributed by atoms with Crippen molar-refractivity contribution in [2.75, 3.05) is 26.2 Å². The molecule has 13 heavy (non-hydrogen) atoms. The van der Waals surface area contributed by atoms with Crippen LogP contribution in [0.4, 0.5) is 0 Å². The average Bonchev–Trinajstić information content (AvgIpc) is 2.29. The van der Waals surface area contributed by atoms with Crippen LogP contribution in [0.25, 0.3) is 0 Å². The van der Waals surface area contributed by atoms with Crippen molar-refractivity contribution < 1.29 is 4.48 Å². The second kappa shape index (κ2) is 2.98. The summed E-state index contributed by atoms with van der Waals surface area (Å²) in [5.74, 6) is 0.980. The van der Waals surface area contributed by atoms with Crippen LogP contribution in [0.1, 0.15) is 40.0 Å². The van der Waals surface area contributed by atoms with E-state index in [0.29, 0.717) is 5.41 Å². The fourth-order valence-electron chi connectivity index (χ4n) is 3.64. The van der Waals surface area contributed by atoms with Crippen molar-refractivity contribution in [1.82, 2.24) is 0 Å². The second-order valence-corrected chi connectivity index (χ2v) is 6.29. The third-order valence-corrected chi connectivity index (χ3v) is 4.04. The van der Waals surface area contributed by atoms with Crippen molar-refractivity contribution in [3.05, 3.63) is 0 Å². The number of rotatable bonds is 0. The number of hydrogen-bond acceptors (Lipinski definition) is 0. The van der Waals surface area contributed by atoms with E-state index in [0.717, 1.165) is 5.92 Å². The van der Waals surface area contributed by atoms with E-state index in [2.05, 4.69) is 20.8 Å². The first-order valence-corrected chi connectivity index (χ1v) is 5.87. The molecule has 0 saturated carbocycles. The molecule has 0 aromatic rings. The van der Waals surface area contributed by atoms with Gasteiger partial charge in [0, 0.05) is 17.8 Å². The molecule has 2 fully saturated rings. The summed E-state index contributed by atoms with van der Waals surface area (Å²) in [7, 11) is 0. The number of nitrogens with zero attached hydrogens (tertiary/aromatic N) is 1. The summed E-state index contributed by atoms with van der Waals surface area (Å²) in [6.07, 6.45) is 4.37. The third kappa shape index (κ3) is 1.90. The lowest BCUT2D eigenvalue weighted by molar-refractivity contribution is -0.929. The fraction of sp³-hybridized carbons (Fsp3) is 1.00. The van der Waals surface area contributed by atoms with E-state index >= 15 is 0 Å². The molecule has 1 heteroatoms. The second-order valence-electron chi connectivity index (χ2n) is 6.29. The van der Waals surface area contributed by atoms with Crippen LogP contribution in [-0.2, 0) is 0 Å². The Morgan fingerprint density at radius 3 is 2.54 bits per heavy atom. The summed E-state index contributed by atoms with van der Waals surface area (Å²) in [5.41, 5.74) is 0.613. The van der Waals surface area contributed by atoms with Crippen molar-refractivity contribution in [2.45, 2.75) is 40.0 Å². The van der Waals surface area contributed by atoms with E-state index in [-0.39, 0.29) is 0 Å². The van der Waals surface area contributed by atoms with Crippen LogP contribution in [0.2, 0.25) is 0 Å². The van der Waals surface area contributed by atoms with Gasteiger partial charge in [0.1, 0.15) is 0 Å². The van der Waals surface area contributed by atoms with Crippen LogP contribution in [0.5, 0.6) is 0 Å². The number of hydrogen-bond donors (Lipinski definition) is 0. The Morgan fingerprint density at radius 2 is 2.00 bits per heavy atom. The van der Waals surface area contributed by atoms with Gasteiger partial charge in [-0.2, -0.15) is 0 Å². The maximum atomic E-state index is 2.45. The molecule has 0 bridgehead atoms. The summed E-state index contributed by atoms with van der Waals surface area (Å²) in [4.78, 5) is 0. The summed E-state index contributed by atoms with van der Waals surface area (Å²) in [6.45, 7) is 13.2. The lowest BCUT2D eigenvalue weighted by Crippen LogP contribution is -2.55. The summed E-state index contributed by atoms with van der Waals surface area (Å²) < 4.78 is 1.45. The van der Waals surface area contributed by atoms with Gasteiger partial charge in [0.25, 0.3) is 0 Å². The molecule has 76 valence electrons. The molecule has 2 saturated heterocycles. The van der Waals surface area contributed by atoms with Crippen LogP contribution in [0.15, 0.2) is 0 Å². The highest BCUT2D eigenvalue weighted by molar-refractivity contribution is 4.76. The standard InChI is InChI=1S/C12H24N/c1-11-5-8-13(9-11)7-4-6-12(2,3)10-13/h11H,4-10H2,1-3H3/q+1. The number of piperidine rings is 1. The Labute approximate surface area is 82.7 Å². The van der Waals surface area contributed by atoms with Gasteiger partial charge in [-0.15, -0.1) is 0 Å². The molecule has 0 aliphatic carbocycles. The fourth-order valence-corrected chi connectivity index (χ4v) is 3.64. The molecule has 2 unspecified atom stereocenters. The molecule has 0 aromatic heterocycles. The first-order chi connectivity index (χ1) is 6.02. The Bertz CT molecular complexity index is 193. The van der Waals surface area contributed by atoms with Gasteiger partial charge in [0.2, 0.25) is 0 Å². The molecule has 2 atom stereocenters. The van der Waals surface area contributed by atoms with E-state index in [1.807, 2.05) is 0 Å². The maximum Gasteiger partial charge on any atom is 0.0838 e. The number of quaternary nitrogens is 1. The molecular formula is C12H24N+. The molecule has 0 amide bonds. The minimum Gasteiger partial charge on any atom is -0.323 e. The Hall–Kier alpha value is -0.0400. The van der Waals surface area contributed by atoms with Gasteiger partial charge >= 0.3 is 0 Å². The Kier molecular flexibility index (Phi) is 2.18. The first-order valence-electron chi connectivity index (χ1n) is 5.87. The lowest BCUT2D eigenvalue weighted by atomic mass is 9.83. The minimum absolute atomic E-state index is 0.613. The van der Waals surface area contributed by atoms with Gasteiger partial charge in [-0.1, -0.05) is 20.8 Å². The molecular weight excluding hydrogens is 158 g/mol. The highest BCUT2D eigenvalue weighted by atomic mass is 15.4. The van der Waals surface area contributed by atoms with Gasteiger partial charge in [-0.3, -0.25) is 0 Å². The van der Waals surface area contributed by atoms with Crippen LogP contribution in [0, 0.1) is 11.3 Å². The smallest absolute Gasteiger partial charge is 0.0838 e. The summed E-state index contributed by atoms with van der Waals surface area (Å²) >= 11 is 0. The normalized spacial score (nSPS) is 44.1. The minimum atomic E-state index is 0.613. The SMILES string of the molecule is CC1CC[N+]2(CCCC(C)(C)C2)C1. The van der Waals surface area contributed by atoms with E-state index < -0.39 is 0 Å². The van der Waals surface area contributed by atoms with Crippen LogP contribution in [-0.4, -0.2) is 30.7 Å². The molecule has 2 aliphatic rings. The molecule has 0 aromatic carbocycles. The highest BCUT2D eigenvalue weighted by Crippen LogP contribution is 2.37. The third-order valence-electron chi connectivity index (χ3n) is 4.04. The molecule has 2 rings (SSSR count). The predicted molar refractivity (Wildman–Crippen MR) is 56.5 cm³/mol. The molecule has 1 nitrogen and oxygen atoms in total. The van der Waals surface area contributed by atoms with E-state index in [4.69, 9.17) is 0 Å². The lowest BCUT2D eigenvalue weighted by Gasteiger charge is -2.45. The van der Waals surface area contributed by atoms with E-state index in [1.54, 1.807) is 0 Å². The average molecular weight is 182 g/mol. The van der Waals surface area contributed by atoms with Crippen LogP contribution < -0.4 is 0 Å². The van der Waals surface area contributed by atoms with E-state index in [9.17, 15) is 0 Å². The summed E-state index contributed by atoms with van der Waals surface area (Å²) in [5, 5.41) is 0. The zero-order valence-electron chi connectivity index (χ0n) is 9.47. The highest BCUT2D eigenvalue weighted by Gasteiger charge is 2.43. The predicted octanol–water partition coefficient (Wildman–Crippen LogP) is 2.66. The van der Waals surface area contributed by atoms with Gasteiger partial charge in [0.15, 0.2) is 0 Å². The molecule has 0 radical (unpaired) electrons. The van der Waals surface area contributed by atoms with Gasteiger partial charge in [-0.25, -0.2) is 0 Å². The van der Waals surface area contributed by atoms with E-state index in [1.165, 1.54) is 49.9 Å². The van der Waals surface area contributed by atoms with Crippen molar-refractivity contribution in [2.24, 2.45) is 11.3 Å². The zero-order valence-corrected chi connectivity index (χ0v) is 9.47. The van der Waals surface area contributed by atoms with Gasteiger partial charge < -0.3 is 4.48 Å². The Balaban J connectivity index is 2.07. The van der Waals surface area contributed by atoms with Crippen LogP contribution in [0.3, 0.4) is 0 Å². The maximum absolute atomic E-state index is 2.45. The van der Waals surface area contributed by atoms with Crippen molar-refractivity contribution in [1.29, 1.82) is 0 Å². The van der Waals surface area contributed by atoms with Gasteiger partial charge in [-0.05, 0) is 12.8 Å². The first kappa shape index (κ1) is 9.51. The zero-order chi connectivity index (χ0) is 9.53. The van der Waals surface area contributed by atoms with Gasteiger partial charge in [0.05, 0.1) is 26.2 Å².